The number of amides is 1. The van der Waals surface area contributed by atoms with Crippen LogP contribution in [0.5, 0.6) is 0 Å². The van der Waals surface area contributed by atoms with Gasteiger partial charge in [0.1, 0.15) is 17.8 Å². The van der Waals surface area contributed by atoms with Gasteiger partial charge >= 0.3 is 0 Å². The highest BCUT2D eigenvalue weighted by atomic mass is 32.2. The summed E-state index contributed by atoms with van der Waals surface area (Å²) in [6, 6.07) is 9.72. The van der Waals surface area contributed by atoms with Crippen LogP contribution < -0.4 is 10.6 Å². The number of rotatable bonds is 4. The lowest BCUT2D eigenvalue weighted by Gasteiger charge is -2.12. The minimum Gasteiger partial charge on any atom is -0.366 e. The van der Waals surface area contributed by atoms with Crippen LogP contribution in [0.2, 0.25) is 0 Å². The Morgan fingerprint density at radius 2 is 2.00 bits per heavy atom. The maximum Gasteiger partial charge on any atom is 0.274 e. The van der Waals surface area contributed by atoms with Gasteiger partial charge in [-0.15, -0.1) is 0 Å². The molecule has 3 rings (SSSR count). The summed E-state index contributed by atoms with van der Waals surface area (Å²) in [4.78, 5) is 20.2. The zero-order chi connectivity index (χ0) is 17.9. The number of anilines is 2. The SMILES string of the molecule is N#Cc1ccc(NC(=O)c2cc(NC3CCS(=O)(=O)C3)ncn2)cc1. The lowest BCUT2D eigenvalue weighted by atomic mass is 10.2. The van der Waals surface area contributed by atoms with Crippen molar-refractivity contribution in [2.24, 2.45) is 0 Å². The summed E-state index contributed by atoms with van der Waals surface area (Å²) in [5, 5.41) is 14.5. The van der Waals surface area contributed by atoms with E-state index in [1.165, 1.54) is 12.4 Å². The average Bonchev–Trinajstić information content (AvgIpc) is 2.94. The normalized spacial score (nSPS) is 18.3. The Labute approximate surface area is 144 Å². The predicted octanol–water partition coefficient (Wildman–Crippen LogP) is 1.20. The minimum atomic E-state index is -3.00. The molecular formula is C16H15N5O3S. The molecule has 2 heterocycles. The van der Waals surface area contributed by atoms with E-state index in [9.17, 15) is 13.2 Å². The number of aromatic nitrogens is 2. The van der Waals surface area contributed by atoms with E-state index in [2.05, 4.69) is 20.6 Å². The predicted molar refractivity (Wildman–Crippen MR) is 91.8 cm³/mol. The van der Waals surface area contributed by atoms with E-state index < -0.39 is 15.7 Å². The van der Waals surface area contributed by atoms with E-state index >= 15 is 0 Å². The molecule has 8 nitrogen and oxygen atoms in total. The van der Waals surface area contributed by atoms with E-state index in [-0.39, 0.29) is 23.2 Å². The number of nitriles is 1. The van der Waals surface area contributed by atoms with Crippen molar-refractivity contribution in [2.45, 2.75) is 12.5 Å². The number of hydrogen-bond donors (Lipinski definition) is 2. The smallest absolute Gasteiger partial charge is 0.274 e. The monoisotopic (exact) mass is 357 g/mol. The molecule has 25 heavy (non-hydrogen) atoms. The van der Waals surface area contributed by atoms with Crippen LogP contribution in [0.15, 0.2) is 36.7 Å². The Morgan fingerprint density at radius 3 is 2.64 bits per heavy atom. The summed E-state index contributed by atoms with van der Waals surface area (Å²) in [7, 11) is -3.00. The molecule has 1 saturated heterocycles. The molecule has 9 heteroatoms. The third-order valence-electron chi connectivity index (χ3n) is 3.76. The molecule has 1 aliphatic rings. The van der Waals surface area contributed by atoms with Crippen LogP contribution in [0.3, 0.4) is 0 Å². The van der Waals surface area contributed by atoms with Gasteiger partial charge in [-0.05, 0) is 30.7 Å². The molecule has 1 fully saturated rings. The second kappa shape index (κ2) is 6.86. The van der Waals surface area contributed by atoms with Crippen LogP contribution in [-0.4, -0.2) is 41.8 Å². The van der Waals surface area contributed by atoms with Crippen LogP contribution in [0, 0.1) is 11.3 Å². The highest BCUT2D eigenvalue weighted by Gasteiger charge is 2.28. The quantitative estimate of drug-likeness (QED) is 0.842. The van der Waals surface area contributed by atoms with Crippen molar-refractivity contribution in [2.75, 3.05) is 22.1 Å². The molecule has 1 unspecified atom stereocenters. The lowest BCUT2D eigenvalue weighted by molar-refractivity contribution is 0.102. The van der Waals surface area contributed by atoms with Crippen molar-refractivity contribution in [1.29, 1.82) is 5.26 Å². The Bertz CT molecular complexity index is 935. The third-order valence-corrected chi connectivity index (χ3v) is 5.52. The van der Waals surface area contributed by atoms with Crippen molar-refractivity contribution in [3.8, 4) is 6.07 Å². The van der Waals surface area contributed by atoms with Gasteiger partial charge in [0.05, 0.1) is 23.1 Å². The molecule has 128 valence electrons. The van der Waals surface area contributed by atoms with Crippen molar-refractivity contribution >= 4 is 27.2 Å². The Kier molecular flexibility index (Phi) is 4.63. The Hall–Kier alpha value is -2.99. The largest absolute Gasteiger partial charge is 0.366 e. The fourth-order valence-corrected chi connectivity index (χ4v) is 4.17. The number of nitrogens with one attached hydrogen (secondary N) is 2. The van der Waals surface area contributed by atoms with Crippen LogP contribution in [0.4, 0.5) is 11.5 Å². The zero-order valence-corrected chi connectivity index (χ0v) is 14.0. The van der Waals surface area contributed by atoms with Crippen LogP contribution in [-0.2, 0) is 9.84 Å². The molecule has 1 aromatic heterocycles. The molecule has 0 bridgehead atoms. The van der Waals surface area contributed by atoms with Crippen molar-refractivity contribution in [3.63, 3.8) is 0 Å². The number of benzene rings is 1. The third kappa shape index (κ3) is 4.30. The van der Waals surface area contributed by atoms with Gasteiger partial charge in [-0.25, -0.2) is 18.4 Å². The Balaban J connectivity index is 1.68. The van der Waals surface area contributed by atoms with Crippen LogP contribution in [0.1, 0.15) is 22.5 Å². The summed E-state index contributed by atoms with van der Waals surface area (Å²) in [6.07, 6.45) is 1.76. The summed E-state index contributed by atoms with van der Waals surface area (Å²) in [5.74, 6) is 0.197. The first-order valence-electron chi connectivity index (χ1n) is 7.56. The molecule has 0 spiro atoms. The van der Waals surface area contributed by atoms with Gasteiger partial charge in [0.25, 0.3) is 5.91 Å². The number of carbonyl (C=O) groups excluding carboxylic acids is 1. The van der Waals surface area contributed by atoms with Gasteiger partial charge in [0, 0.05) is 17.8 Å². The van der Waals surface area contributed by atoms with Crippen LogP contribution >= 0.6 is 0 Å². The number of hydrogen-bond acceptors (Lipinski definition) is 7. The molecule has 2 N–H and O–H groups in total. The fourth-order valence-electron chi connectivity index (χ4n) is 2.50. The second-order valence-electron chi connectivity index (χ2n) is 5.68. The molecular weight excluding hydrogens is 342 g/mol. The minimum absolute atomic E-state index is 0.0593. The van der Waals surface area contributed by atoms with Gasteiger partial charge in [0.15, 0.2) is 9.84 Å². The van der Waals surface area contributed by atoms with Gasteiger partial charge in [-0.2, -0.15) is 5.26 Å². The standard InChI is InChI=1S/C16H15N5O3S/c17-8-11-1-3-12(4-2-11)21-16(22)14-7-15(19-10-18-14)20-13-5-6-25(23,24)9-13/h1-4,7,10,13H,5-6,9H2,(H,21,22)(H,18,19,20). The van der Waals surface area contributed by atoms with E-state index in [0.717, 1.165) is 0 Å². The van der Waals surface area contributed by atoms with Crippen molar-refractivity contribution in [1.82, 2.24) is 9.97 Å². The van der Waals surface area contributed by atoms with Gasteiger partial charge in [-0.3, -0.25) is 4.79 Å². The molecule has 0 aliphatic carbocycles. The molecule has 1 atom stereocenters. The summed E-state index contributed by atoms with van der Waals surface area (Å²) in [5.41, 5.74) is 1.19. The van der Waals surface area contributed by atoms with Gasteiger partial charge in [0.2, 0.25) is 0 Å². The summed E-state index contributed by atoms with van der Waals surface area (Å²) >= 11 is 0. The van der Waals surface area contributed by atoms with Gasteiger partial charge < -0.3 is 10.6 Å². The first kappa shape index (κ1) is 16.9. The highest BCUT2D eigenvalue weighted by molar-refractivity contribution is 7.91. The number of carbonyl (C=O) groups is 1. The topological polar surface area (TPSA) is 125 Å². The van der Waals surface area contributed by atoms with Crippen molar-refractivity contribution < 1.29 is 13.2 Å². The lowest BCUT2D eigenvalue weighted by Crippen LogP contribution is -2.22. The Morgan fingerprint density at radius 1 is 1.24 bits per heavy atom. The zero-order valence-electron chi connectivity index (χ0n) is 13.1. The molecule has 0 radical (unpaired) electrons. The molecule has 0 saturated carbocycles. The number of sulfone groups is 1. The van der Waals surface area contributed by atoms with E-state index in [4.69, 9.17) is 5.26 Å². The molecule has 1 amide bonds. The summed E-state index contributed by atoms with van der Waals surface area (Å²) in [6.45, 7) is 0. The second-order valence-corrected chi connectivity index (χ2v) is 7.90. The number of nitrogens with zero attached hydrogens (tertiary/aromatic N) is 3. The maximum absolute atomic E-state index is 12.3. The van der Waals surface area contributed by atoms with Crippen molar-refractivity contribution in [3.05, 3.63) is 47.9 Å². The first-order chi connectivity index (χ1) is 11.9. The molecule has 2 aromatic rings. The van der Waals surface area contributed by atoms with E-state index in [1.54, 1.807) is 24.3 Å². The summed E-state index contributed by atoms with van der Waals surface area (Å²) < 4.78 is 23.0. The van der Waals surface area contributed by atoms with E-state index in [1.807, 2.05) is 6.07 Å². The fraction of sp³-hybridized carbons (Fsp3) is 0.250. The maximum atomic E-state index is 12.3. The highest BCUT2D eigenvalue weighted by Crippen LogP contribution is 2.17. The van der Waals surface area contributed by atoms with Gasteiger partial charge in [-0.1, -0.05) is 0 Å². The molecule has 1 aliphatic heterocycles. The van der Waals surface area contributed by atoms with Crippen LogP contribution in [0.25, 0.3) is 0 Å². The average molecular weight is 357 g/mol. The molecule has 1 aromatic carbocycles. The first-order valence-corrected chi connectivity index (χ1v) is 9.38. The van der Waals surface area contributed by atoms with E-state index in [0.29, 0.717) is 23.5 Å².